The lowest BCUT2D eigenvalue weighted by molar-refractivity contribution is 0.0440. The van der Waals surface area contributed by atoms with Gasteiger partial charge in [0.2, 0.25) is 0 Å². The van der Waals surface area contributed by atoms with Gasteiger partial charge < -0.3 is 56.7 Å². The number of aliphatic hydroxyl groups excluding tert-OH is 3. The minimum atomic E-state index is -0.911. The highest BCUT2D eigenvalue weighted by Gasteiger charge is 2.63. The Morgan fingerprint density at radius 1 is 0.909 bits per heavy atom. The molecule has 0 unspecified atom stereocenters. The Morgan fingerprint density at radius 3 is 2.55 bits per heavy atom. The average molecular weight is 1100 g/mol. The summed E-state index contributed by atoms with van der Waals surface area (Å²) in [5.74, 6) is 9.74. The fraction of sp³-hybridized carbons (Fsp3) is 0.730. The van der Waals surface area contributed by atoms with Crippen LogP contribution in [0.1, 0.15) is 193 Å². The number of aliphatic imine (C=N–C) groups is 1. The monoisotopic (exact) mass is 1090 g/mol. The fourth-order valence-corrected chi connectivity index (χ4v) is 20.4. The minimum absolute atomic E-state index is 0.000308. The smallest absolute Gasteiger partial charge is 0.189 e. The predicted molar refractivity (Wildman–Crippen MR) is 312 cm³/mol. The molecule has 12 rings (SSSR count). The largest absolute Gasteiger partial charge is 0.504 e. The van der Waals surface area contributed by atoms with Crippen LogP contribution in [0.2, 0.25) is 0 Å². The SMILES string of the molecule is C[C@H](O)CNC[C@@H]1c2cc([C@@H](O)COc3cc(CCc4cc(CO)c(CC[C@H]5CC[C@H]6[C@H]7CSSC[C@@H](N=C(N)NC8CCCCC8)[C@H](C)CC[C@H]6[C@H](C5)C[C@H]7N)o4)ccc3O)[nH]c2[C@@H]2C=C[C@]13CCC[C@H]3C21CCCC1. The van der Waals surface area contributed by atoms with Gasteiger partial charge in [-0.25, -0.2) is 4.99 Å². The molecule has 5 saturated carbocycles. The van der Waals surface area contributed by atoms with E-state index in [0.29, 0.717) is 84.5 Å². The van der Waals surface area contributed by atoms with Crippen molar-refractivity contribution >= 4 is 27.5 Å². The second-order valence-corrected chi connectivity index (χ2v) is 28.5. The number of aromatic amines is 1. The molecule has 1 aliphatic heterocycles. The Morgan fingerprint density at radius 2 is 1.73 bits per heavy atom. The van der Waals surface area contributed by atoms with Crippen molar-refractivity contribution in [2.75, 3.05) is 31.2 Å². The van der Waals surface area contributed by atoms with Crippen molar-refractivity contribution in [2.45, 2.75) is 204 Å². The van der Waals surface area contributed by atoms with E-state index in [1.54, 1.807) is 6.07 Å². The van der Waals surface area contributed by atoms with Crippen molar-refractivity contribution in [1.29, 1.82) is 0 Å². The molecule has 1 aromatic carbocycles. The number of allylic oxidation sites excluding steroid dienone is 2. The normalized spacial score (nSPS) is 33.9. The number of benzene rings is 1. The lowest BCUT2D eigenvalue weighted by atomic mass is 9.52. The van der Waals surface area contributed by atoms with Crippen LogP contribution in [0.5, 0.6) is 11.5 Å². The van der Waals surface area contributed by atoms with Crippen LogP contribution in [0.4, 0.5) is 0 Å². The molecule has 3 aromatic rings. The number of guanidine groups is 1. The number of phenols is 1. The molecular weight excluding hydrogens is 1000 g/mol. The van der Waals surface area contributed by atoms with Crippen LogP contribution in [-0.2, 0) is 25.9 Å². The van der Waals surface area contributed by atoms with Crippen molar-refractivity contribution in [1.82, 2.24) is 15.6 Å². The molecule has 2 aromatic heterocycles. The lowest BCUT2D eigenvalue weighted by Crippen LogP contribution is -2.47. The maximum Gasteiger partial charge on any atom is 0.189 e. The zero-order valence-electron chi connectivity index (χ0n) is 46.4. The maximum atomic E-state index is 11.8. The van der Waals surface area contributed by atoms with Gasteiger partial charge in [-0.15, -0.1) is 0 Å². The average Bonchev–Trinajstić information content (AvgIpc) is 3.74. The molecule has 3 heterocycles. The summed E-state index contributed by atoms with van der Waals surface area (Å²) in [6, 6.07) is 10.7. The van der Waals surface area contributed by atoms with Crippen molar-refractivity contribution in [3.05, 3.63) is 82.1 Å². The van der Waals surface area contributed by atoms with Crippen molar-refractivity contribution in [2.24, 2.45) is 68.7 Å². The summed E-state index contributed by atoms with van der Waals surface area (Å²) in [5.41, 5.74) is 19.2. The quantitative estimate of drug-likeness (QED) is 0.0268. The molecule has 14 heteroatoms. The summed E-state index contributed by atoms with van der Waals surface area (Å²) in [7, 11) is 4.00. The Bertz CT molecular complexity index is 2500. The van der Waals surface area contributed by atoms with Crippen LogP contribution < -0.4 is 26.8 Å². The number of nitrogens with zero attached hydrogens (tertiary/aromatic N) is 1. The summed E-state index contributed by atoms with van der Waals surface area (Å²) in [5, 5.41) is 50.8. The van der Waals surface area contributed by atoms with Crippen LogP contribution in [0.15, 0.2) is 51.9 Å². The van der Waals surface area contributed by atoms with Gasteiger partial charge >= 0.3 is 0 Å². The number of aliphatic hydroxyl groups is 3. The van der Waals surface area contributed by atoms with E-state index in [9.17, 15) is 20.4 Å². The van der Waals surface area contributed by atoms with E-state index in [1.165, 1.54) is 120 Å². The summed E-state index contributed by atoms with van der Waals surface area (Å²) in [6.07, 6.45) is 29.3. The lowest BCUT2D eigenvalue weighted by Gasteiger charge is -2.52. The number of aromatic hydroxyl groups is 1. The number of nitrogens with one attached hydrogen (secondary N) is 3. The topological polar surface area (TPSA) is 208 Å². The minimum Gasteiger partial charge on any atom is -0.504 e. The fourth-order valence-electron chi connectivity index (χ4n) is 17.5. The third kappa shape index (κ3) is 11.8. The number of H-pyrrole nitrogens is 1. The molecule has 0 amide bonds. The molecule has 6 fully saturated rings. The highest BCUT2D eigenvalue weighted by atomic mass is 33.1. The van der Waals surface area contributed by atoms with Gasteiger partial charge in [0.25, 0.3) is 0 Å². The number of phenolic OH excluding ortho intramolecular Hbond substituents is 1. The predicted octanol–water partition coefficient (Wildman–Crippen LogP) is 11.1. The van der Waals surface area contributed by atoms with Gasteiger partial charge in [-0.1, -0.05) is 91.7 Å². The van der Waals surface area contributed by atoms with Crippen LogP contribution in [0.25, 0.3) is 0 Å². The first kappa shape index (κ1) is 55.8. The number of aromatic nitrogens is 1. The van der Waals surface area contributed by atoms with Crippen molar-refractivity contribution in [3.63, 3.8) is 0 Å². The Kier molecular flexibility index (Phi) is 17.8. The summed E-state index contributed by atoms with van der Waals surface area (Å²) in [6.45, 7) is 5.55. The molecule has 77 heavy (non-hydrogen) atoms. The van der Waals surface area contributed by atoms with Gasteiger partial charge in [-0.2, -0.15) is 0 Å². The molecule has 2 spiro atoms. The molecule has 11 N–H and O–H groups in total. The molecule has 14 atom stereocenters. The molecule has 424 valence electrons. The zero-order valence-corrected chi connectivity index (χ0v) is 48.1. The summed E-state index contributed by atoms with van der Waals surface area (Å²) < 4.78 is 12.8. The first-order valence-electron chi connectivity index (χ1n) is 30.7. The number of aryl methyl sites for hydroxylation is 3. The van der Waals surface area contributed by atoms with Gasteiger partial charge in [-0.3, -0.25) is 0 Å². The van der Waals surface area contributed by atoms with Crippen LogP contribution in [0, 0.1) is 52.3 Å². The van der Waals surface area contributed by atoms with E-state index in [-0.39, 0.29) is 47.8 Å². The van der Waals surface area contributed by atoms with E-state index in [1.807, 2.05) is 46.7 Å². The summed E-state index contributed by atoms with van der Waals surface area (Å²) in [4.78, 5) is 8.94. The number of hydrogen-bond donors (Lipinski definition) is 9. The maximum absolute atomic E-state index is 11.8. The first-order valence-corrected chi connectivity index (χ1v) is 33.1. The number of nitrogens with two attached hydrogens (primary N) is 2. The van der Waals surface area contributed by atoms with E-state index in [4.69, 9.17) is 25.6 Å². The van der Waals surface area contributed by atoms with Gasteiger partial charge in [0.15, 0.2) is 17.5 Å². The van der Waals surface area contributed by atoms with Gasteiger partial charge in [-0.05, 0) is 178 Å². The third-order valence-corrected chi connectivity index (χ3v) is 23.9. The van der Waals surface area contributed by atoms with Crippen molar-refractivity contribution in [3.8, 4) is 11.5 Å². The zero-order chi connectivity index (χ0) is 53.3. The second kappa shape index (κ2) is 24.5. The van der Waals surface area contributed by atoms with Gasteiger partial charge in [0.05, 0.1) is 18.8 Å². The van der Waals surface area contributed by atoms with Crippen molar-refractivity contribution < 1.29 is 29.6 Å². The highest BCUT2D eigenvalue weighted by molar-refractivity contribution is 8.76. The third-order valence-electron chi connectivity index (χ3n) is 21.4. The molecule has 0 radical (unpaired) electrons. The van der Waals surface area contributed by atoms with E-state index < -0.39 is 12.2 Å². The first-order chi connectivity index (χ1) is 37.4. The van der Waals surface area contributed by atoms with Crippen LogP contribution >= 0.6 is 21.6 Å². The van der Waals surface area contributed by atoms with Gasteiger partial charge in [0.1, 0.15) is 24.2 Å². The molecule has 8 aliphatic carbocycles. The Labute approximate surface area is 467 Å². The summed E-state index contributed by atoms with van der Waals surface area (Å²) >= 11 is 0. The molecule has 9 aliphatic rings. The Hall–Kier alpha value is -3.11. The number of hydrogen-bond acceptors (Lipinski definition) is 11. The van der Waals surface area contributed by atoms with Gasteiger partial charge in [0, 0.05) is 78.3 Å². The molecular formula is C63H94N6O6S2. The molecule has 1 saturated heterocycles. The van der Waals surface area contributed by atoms with E-state index >= 15 is 0 Å². The van der Waals surface area contributed by atoms with E-state index in [0.717, 1.165) is 65.7 Å². The molecule has 6 bridgehead atoms. The number of furan rings is 1. The highest BCUT2D eigenvalue weighted by Crippen LogP contribution is 2.72. The Balaban J connectivity index is 0.703. The number of rotatable bonds is 17. The van der Waals surface area contributed by atoms with Crippen LogP contribution in [0.3, 0.4) is 0 Å². The number of ether oxygens (including phenoxy) is 1. The van der Waals surface area contributed by atoms with E-state index in [2.05, 4.69) is 40.8 Å². The van der Waals surface area contributed by atoms with Crippen LogP contribution in [-0.4, -0.2) is 86.8 Å². The second-order valence-electron chi connectivity index (χ2n) is 26.0. The molecule has 12 nitrogen and oxygen atoms in total. The standard InChI is InChI=1S/C63H94N6O6S2/c1-38-12-18-46-42-27-40(14-19-47(46)49(52(64)30-42)36-76-77-37-54(38)69-61(65)67-44-9-4-3-5-10-44)16-21-57-43(34-70)29-45(75-57)17-13-41-15-20-55(72)58(28-41)74-35-56(73)53-31-48-51(33-66-32-39(2)71)63-25-8-11-59(63)62(23-6-7-24-62)50(22-26-63)60(48)68-53/h15,20,22,26,28-29,31,38-40,42,44,46-47,49-52,54,56,59,66,68,70-73H,3-14,16-19,21,23-25,27,30,32-37,64H2,1-2H3,(H3,65,67,69)/t38-,39+,40-,42-,46+,47-,49-,50+,51-,52-,54-,56+,59+,63-/m1/s1.